The van der Waals surface area contributed by atoms with Crippen LogP contribution in [0.25, 0.3) is 0 Å². The molecule has 0 aromatic carbocycles. The fourth-order valence-electron chi connectivity index (χ4n) is 1.79. The Morgan fingerprint density at radius 3 is 2.72 bits per heavy atom. The smallest absolute Gasteiger partial charge is 0.212 e. The molecule has 4 heteroatoms. The van der Waals surface area contributed by atoms with Gasteiger partial charge in [-0.3, -0.25) is 0 Å². The molecule has 0 bridgehead atoms. The number of ether oxygens (including phenoxy) is 2. The molecule has 0 radical (unpaired) electrons. The van der Waals surface area contributed by atoms with Crippen molar-refractivity contribution in [1.29, 1.82) is 0 Å². The van der Waals surface area contributed by atoms with Crippen LogP contribution >= 0.6 is 0 Å². The Kier molecular flexibility index (Phi) is 7.37. The van der Waals surface area contributed by atoms with Crippen LogP contribution in [0.15, 0.2) is 18.3 Å². The fourth-order valence-corrected chi connectivity index (χ4v) is 1.79. The third-order valence-electron chi connectivity index (χ3n) is 2.65. The quantitative estimate of drug-likeness (QED) is 0.683. The standard InChI is InChI=1S/C14H24N2O2/c1-4-8-18-11-13(15-5-2)9-12-6-7-14(17-3)16-10-12/h6-7,10,13,15H,4-5,8-9,11H2,1-3H3. The third kappa shape index (κ3) is 5.47. The number of pyridine rings is 1. The zero-order valence-electron chi connectivity index (χ0n) is 11.6. The molecular weight excluding hydrogens is 228 g/mol. The van der Waals surface area contributed by atoms with E-state index in [0.29, 0.717) is 11.9 Å². The molecule has 18 heavy (non-hydrogen) atoms. The van der Waals surface area contributed by atoms with Crippen LogP contribution in [0.4, 0.5) is 0 Å². The van der Waals surface area contributed by atoms with E-state index in [-0.39, 0.29) is 0 Å². The molecule has 1 heterocycles. The molecule has 102 valence electrons. The third-order valence-corrected chi connectivity index (χ3v) is 2.65. The minimum atomic E-state index is 0.344. The van der Waals surface area contributed by atoms with Crippen LogP contribution in [0.1, 0.15) is 25.8 Å². The summed E-state index contributed by atoms with van der Waals surface area (Å²) < 4.78 is 10.7. The molecule has 0 aliphatic carbocycles. The summed E-state index contributed by atoms with van der Waals surface area (Å²) in [6.07, 6.45) is 3.85. The Balaban J connectivity index is 2.47. The molecule has 0 saturated heterocycles. The van der Waals surface area contributed by atoms with Gasteiger partial charge in [0.05, 0.1) is 13.7 Å². The summed E-state index contributed by atoms with van der Waals surface area (Å²) in [6, 6.07) is 4.29. The molecule has 1 rings (SSSR count). The van der Waals surface area contributed by atoms with Crippen LogP contribution in [0.3, 0.4) is 0 Å². The first-order valence-electron chi connectivity index (χ1n) is 6.60. The minimum absolute atomic E-state index is 0.344. The molecule has 0 aliphatic heterocycles. The second kappa shape index (κ2) is 8.89. The molecule has 0 saturated carbocycles. The maximum absolute atomic E-state index is 5.61. The lowest BCUT2D eigenvalue weighted by atomic mass is 10.1. The molecule has 0 fully saturated rings. The maximum atomic E-state index is 5.61. The van der Waals surface area contributed by atoms with Crippen molar-refractivity contribution in [2.45, 2.75) is 32.7 Å². The van der Waals surface area contributed by atoms with E-state index < -0.39 is 0 Å². The van der Waals surface area contributed by atoms with Crippen molar-refractivity contribution in [3.63, 3.8) is 0 Å². The number of hydrogen-bond donors (Lipinski definition) is 1. The van der Waals surface area contributed by atoms with Crippen molar-refractivity contribution in [3.8, 4) is 5.88 Å². The van der Waals surface area contributed by atoms with Gasteiger partial charge in [-0.2, -0.15) is 0 Å². The molecule has 4 nitrogen and oxygen atoms in total. The molecule has 0 aliphatic rings. The summed E-state index contributed by atoms with van der Waals surface area (Å²) in [5.74, 6) is 0.654. The average Bonchev–Trinajstić information content (AvgIpc) is 2.40. The van der Waals surface area contributed by atoms with E-state index in [1.165, 1.54) is 5.56 Å². The highest BCUT2D eigenvalue weighted by atomic mass is 16.5. The first-order chi connectivity index (χ1) is 8.80. The van der Waals surface area contributed by atoms with E-state index in [1.807, 2.05) is 12.3 Å². The van der Waals surface area contributed by atoms with Crippen LogP contribution < -0.4 is 10.1 Å². The molecular formula is C14H24N2O2. The van der Waals surface area contributed by atoms with Crippen molar-refractivity contribution in [3.05, 3.63) is 23.9 Å². The molecule has 1 aromatic rings. The van der Waals surface area contributed by atoms with Gasteiger partial charge in [-0.25, -0.2) is 4.98 Å². The van der Waals surface area contributed by atoms with E-state index >= 15 is 0 Å². The molecule has 1 N–H and O–H groups in total. The summed E-state index contributed by atoms with van der Waals surface area (Å²) >= 11 is 0. The van der Waals surface area contributed by atoms with Crippen LogP contribution in [0.2, 0.25) is 0 Å². The van der Waals surface area contributed by atoms with Gasteiger partial charge < -0.3 is 14.8 Å². The zero-order valence-corrected chi connectivity index (χ0v) is 11.6. The summed E-state index contributed by atoms with van der Waals surface area (Å²) in [5, 5.41) is 3.43. The number of nitrogens with zero attached hydrogens (tertiary/aromatic N) is 1. The van der Waals surface area contributed by atoms with Gasteiger partial charge in [0.25, 0.3) is 0 Å². The van der Waals surface area contributed by atoms with E-state index in [9.17, 15) is 0 Å². The Hall–Kier alpha value is -1.13. The van der Waals surface area contributed by atoms with Gasteiger partial charge in [-0.1, -0.05) is 19.9 Å². The highest BCUT2D eigenvalue weighted by Gasteiger charge is 2.09. The van der Waals surface area contributed by atoms with Gasteiger partial charge in [0.1, 0.15) is 0 Å². The van der Waals surface area contributed by atoms with Crippen LogP contribution in [0, 0.1) is 0 Å². The molecule has 1 unspecified atom stereocenters. The van der Waals surface area contributed by atoms with Gasteiger partial charge in [-0.15, -0.1) is 0 Å². The average molecular weight is 252 g/mol. The molecule has 1 atom stereocenters. The van der Waals surface area contributed by atoms with E-state index in [1.54, 1.807) is 7.11 Å². The monoisotopic (exact) mass is 252 g/mol. The normalized spacial score (nSPS) is 12.4. The number of aromatic nitrogens is 1. The first-order valence-corrected chi connectivity index (χ1v) is 6.60. The molecule has 0 spiro atoms. The topological polar surface area (TPSA) is 43.4 Å². The lowest BCUT2D eigenvalue weighted by molar-refractivity contribution is 0.112. The van der Waals surface area contributed by atoms with E-state index in [0.717, 1.165) is 32.6 Å². The van der Waals surface area contributed by atoms with Gasteiger partial charge in [0, 0.05) is 24.9 Å². The number of likely N-dealkylation sites (N-methyl/N-ethyl adjacent to an activating group) is 1. The van der Waals surface area contributed by atoms with Crippen LogP contribution in [0.5, 0.6) is 5.88 Å². The summed E-state index contributed by atoms with van der Waals surface area (Å²) in [5.41, 5.74) is 1.20. The van der Waals surface area contributed by atoms with E-state index in [2.05, 4.69) is 30.2 Å². The van der Waals surface area contributed by atoms with Gasteiger partial charge >= 0.3 is 0 Å². The van der Waals surface area contributed by atoms with Crippen molar-refractivity contribution >= 4 is 0 Å². The molecule has 1 aromatic heterocycles. The highest BCUT2D eigenvalue weighted by molar-refractivity contribution is 5.18. The van der Waals surface area contributed by atoms with Crippen LogP contribution in [-0.2, 0) is 11.2 Å². The number of rotatable bonds is 9. The Labute approximate surface area is 110 Å². The second-order valence-corrected chi connectivity index (χ2v) is 4.24. The first kappa shape index (κ1) is 14.9. The van der Waals surface area contributed by atoms with Gasteiger partial charge in [-0.05, 0) is 24.9 Å². The zero-order chi connectivity index (χ0) is 13.2. The summed E-state index contributed by atoms with van der Waals surface area (Å²) in [7, 11) is 1.63. The highest BCUT2D eigenvalue weighted by Crippen LogP contribution is 2.09. The lowest BCUT2D eigenvalue weighted by Gasteiger charge is -2.17. The Morgan fingerprint density at radius 1 is 1.33 bits per heavy atom. The van der Waals surface area contributed by atoms with Crippen molar-refractivity contribution in [1.82, 2.24) is 10.3 Å². The van der Waals surface area contributed by atoms with Crippen molar-refractivity contribution in [2.75, 3.05) is 26.9 Å². The largest absolute Gasteiger partial charge is 0.481 e. The predicted molar refractivity (Wildman–Crippen MR) is 73.1 cm³/mol. The van der Waals surface area contributed by atoms with Gasteiger partial charge in [0.15, 0.2) is 0 Å². The number of hydrogen-bond acceptors (Lipinski definition) is 4. The second-order valence-electron chi connectivity index (χ2n) is 4.24. The fraction of sp³-hybridized carbons (Fsp3) is 0.643. The maximum Gasteiger partial charge on any atom is 0.212 e. The predicted octanol–water partition coefficient (Wildman–Crippen LogP) is 2.04. The minimum Gasteiger partial charge on any atom is -0.481 e. The lowest BCUT2D eigenvalue weighted by Crippen LogP contribution is -2.35. The molecule has 0 amide bonds. The van der Waals surface area contributed by atoms with Crippen LogP contribution in [-0.4, -0.2) is 37.9 Å². The summed E-state index contributed by atoms with van der Waals surface area (Å²) in [6.45, 7) is 6.74. The van der Waals surface area contributed by atoms with E-state index in [4.69, 9.17) is 9.47 Å². The SMILES string of the molecule is CCCOCC(Cc1ccc(OC)nc1)NCC. The Bertz CT molecular complexity index is 314. The number of nitrogens with one attached hydrogen (secondary N) is 1. The number of methoxy groups -OCH3 is 1. The summed E-state index contributed by atoms with van der Waals surface area (Å²) in [4.78, 5) is 4.22. The van der Waals surface area contributed by atoms with Crippen molar-refractivity contribution < 1.29 is 9.47 Å². The van der Waals surface area contributed by atoms with Gasteiger partial charge in [0.2, 0.25) is 5.88 Å². The Morgan fingerprint density at radius 2 is 2.17 bits per heavy atom. The van der Waals surface area contributed by atoms with Crippen molar-refractivity contribution in [2.24, 2.45) is 0 Å².